The number of aryl methyl sites for hydroxylation is 1. The first-order chi connectivity index (χ1) is 9.92. The molecule has 2 aromatic carbocycles. The third-order valence-corrected chi connectivity index (χ3v) is 3.28. The molecular formula is C14H8BrFN2O3. The second-order valence-electron chi connectivity index (χ2n) is 4.20. The smallest absolute Gasteiger partial charge is 0.312 e. The Hall–Kier alpha value is -2.46. The highest BCUT2D eigenvalue weighted by Gasteiger charge is 2.20. The van der Waals surface area contributed by atoms with Gasteiger partial charge in [-0.2, -0.15) is 5.26 Å². The summed E-state index contributed by atoms with van der Waals surface area (Å²) in [6.07, 6.45) is 0. The molecule has 21 heavy (non-hydrogen) atoms. The highest BCUT2D eigenvalue weighted by Crippen LogP contribution is 2.36. The summed E-state index contributed by atoms with van der Waals surface area (Å²) in [5.74, 6) is -0.813. The van der Waals surface area contributed by atoms with Gasteiger partial charge in [0.2, 0.25) is 5.75 Å². The summed E-state index contributed by atoms with van der Waals surface area (Å²) in [7, 11) is 0. The Morgan fingerprint density at radius 2 is 2.05 bits per heavy atom. The van der Waals surface area contributed by atoms with Crippen LogP contribution in [0, 0.1) is 34.2 Å². The first-order valence-electron chi connectivity index (χ1n) is 5.74. The molecule has 0 atom stereocenters. The van der Waals surface area contributed by atoms with E-state index < -0.39 is 16.4 Å². The highest BCUT2D eigenvalue weighted by molar-refractivity contribution is 9.10. The number of hydrogen-bond donors (Lipinski definition) is 0. The molecule has 0 aliphatic carbocycles. The van der Waals surface area contributed by atoms with Crippen molar-refractivity contribution in [3.63, 3.8) is 0 Å². The zero-order chi connectivity index (χ0) is 15.6. The number of ether oxygens (including phenoxy) is 1. The molecule has 0 aliphatic rings. The maximum absolute atomic E-state index is 13.6. The summed E-state index contributed by atoms with van der Waals surface area (Å²) in [6, 6.07) is 8.65. The van der Waals surface area contributed by atoms with Crippen molar-refractivity contribution in [2.75, 3.05) is 0 Å². The predicted molar refractivity (Wildman–Crippen MR) is 76.7 cm³/mol. The van der Waals surface area contributed by atoms with Crippen LogP contribution in [-0.4, -0.2) is 4.92 Å². The Balaban J connectivity index is 2.54. The predicted octanol–water partition coefficient (Wildman–Crippen LogP) is 4.47. The fourth-order valence-corrected chi connectivity index (χ4v) is 2.00. The van der Waals surface area contributed by atoms with E-state index in [0.29, 0.717) is 0 Å². The highest BCUT2D eigenvalue weighted by atomic mass is 79.9. The lowest BCUT2D eigenvalue weighted by Gasteiger charge is -2.09. The lowest BCUT2D eigenvalue weighted by Crippen LogP contribution is -1.96. The summed E-state index contributed by atoms with van der Waals surface area (Å²) < 4.78 is 18.9. The molecule has 0 N–H and O–H groups in total. The number of benzene rings is 2. The first-order valence-corrected chi connectivity index (χ1v) is 6.53. The van der Waals surface area contributed by atoms with E-state index in [4.69, 9.17) is 10.00 Å². The van der Waals surface area contributed by atoms with Gasteiger partial charge in [0.05, 0.1) is 15.0 Å². The van der Waals surface area contributed by atoms with E-state index in [-0.39, 0.29) is 21.5 Å². The third kappa shape index (κ3) is 3.17. The van der Waals surface area contributed by atoms with Crippen LogP contribution in [0.25, 0.3) is 0 Å². The van der Waals surface area contributed by atoms with E-state index in [9.17, 15) is 14.5 Å². The van der Waals surface area contributed by atoms with Crippen LogP contribution in [0.1, 0.15) is 11.1 Å². The largest absolute Gasteiger partial charge is 0.449 e. The molecule has 0 bridgehead atoms. The van der Waals surface area contributed by atoms with E-state index >= 15 is 0 Å². The van der Waals surface area contributed by atoms with Crippen LogP contribution >= 0.6 is 15.9 Å². The van der Waals surface area contributed by atoms with Crippen LogP contribution in [0.2, 0.25) is 0 Å². The Morgan fingerprint density at radius 3 is 2.67 bits per heavy atom. The average molecular weight is 351 g/mol. The molecular weight excluding hydrogens is 343 g/mol. The maximum atomic E-state index is 13.6. The van der Waals surface area contributed by atoms with E-state index in [0.717, 1.165) is 17.7 Å². The third-order valence-electron chi connectivity index (χ3n) is 2.68. The minimum Gasteiger partial charge on any atom is -0.449 e. The molecule has 0 heterocycles. The van der Waals surface area contributed by atoms with Crippen LogP contribution in [0.4, 0.5) is 10.1 Å². The summed E-state index contributed by atoms with van der Waals surface area (Å²) in [5.41, 5.74) is 0.621. The summed E-state index contributed by atoms with van der Waals surface area (Å²) in [6.45, 7) is 1.78. The summed E-state index contributed by atoms with van der Waals surface area (Å²) in [4.78, 5) is 10.3. The van der Waals surface area contributed by atoms with Gasteiger partial charge in [-0.1, -0.05) is 6.07 Å². The summed E-state index contributed by atoms with van der Waals surface area (Å²) >= 11 is 2.89. The van der Waals surface area contributed by atoms with E-state index in [2.05, 4.69) is 15.9 Å². The monoisotopic (exact) mass is 350 g/mol. The average Bonchev–Trinajstić information content (AvgIpc) is 2.42. The van der Waals surface area contributed by atoms with Crippen LogP contribution in [0.15, 0.2) is 34.8 Å². The van der Waals surface area contributed by atoms with Crippen molar-refractivity contribution in [1.29, 1.82) is 5.26 Å². The number of nitrogens with zero attached hydrogens (tertiary/aromatic N) is 2. The topological polar surface area (TPSA) is 76.2 Å². The van der Waals surface area contributed by atoms with Crippen molar-refractivity contribution < 1.29 is 14.1 Å². The number of nitro groups is 1. The second-order valence-corrected chi connectivity index (χ2v) is 5.06. The van der Waals surface area contributed by atoms with Crippen molar-refractivity contribution in [1.82, 2.24) is 0 Å². The standard InChI is InChI=1S/C14H8BrFN2O3/c1-8-2-3-9(7-17)13(4-8)21-14-6-11(16)10(15)5-12(14)18(19)20/h2-6H,1H3. The minimum absolute atomic E-state index is 0.0358. The molecule has 0 spiro atoms. The van der Waals surface area contributed by atoms with Crippen molar-refractivity contribution in [3.05, 3.63) is 61.9 Å². The summed E-state index contributed by atoms with van der Waals surface area (Å²) in [5, 5.41) is 20.0. The van der Waals surface area contributed by atoms with Gasteiger partial charge < -0.3 is 4.74 Å². The number of rotatable bonds is 3. The van der Waals surface area contributed by atoms with Gasteiger partial charge in [-0.3, -0.25) is 10.1 Å². The molecule has 0 aliphatic heterocycles. The van der Waals surface area contributed by atoms with E-state index in [1.54, 1.807) is 19.1 Å². The zero-order valence-electron chi connectivity index (χ0n) is 10.8. The number of nitriles is 1. The number of hydrogen-bond acceptors (Lipinski definition) is 4. The van der Waals surface area contributed by atoms with Gasteiger partial charge in [-0.05, 0) is 40.5 Å². The Bertz CT molecular complexity index is 772. The fourth-order valence-electron chi connectivity index (χ4n) is 1.67. The van der Waals surface area contributed by atoms with Crippen molar-refractivity contribution in [2.45, 2.75) is 6.92 Å². The van der Waals surface area contributed by atoms with E-state index in [1.165, 1.54) is 6.07 Å². The van der Waals surface area contributed by atoms with Crippen molar-refractivity contribution in [3.8, 4) is 17.6 Å². The van der Waals surface area contributed by atoms with Crippen LogP contribution in [0.5, 0.6) is 11.5 Å². The van der Waals surface area contributed by atoms with Crippen LogP contribution < -0.4 is 4.74 Å². The molecule has 0 fully saturated rings. The zero-order valence-corrected chi connectivity index (χ0v) is 12.3. The quantitative estimate of drug-likeness (QED) is 0.604. The molecule has 0 saturated carbocycles. The minimum atomic E-state index is -0.693. The maximum Gasteiger partial charge on any atom is 0.312 e. The van der Waals surface area contributed by atoms with Gasteiger partial charge in [0.25, 0.3) is 0 Å². The Kier molecular flexibility index (Phi) is 4.19. The van der Waals surface area contributed by atoms with Gasteiger partial charge in [0.1, 0.15) is 17.6 Å². The van der Waals surface area contributed by atoms with Gasteiger partial charge >= 0.3 is 5.69 Å². The number of nitro benzene ring substituents is 1. The van der Waals surface area contributed by atoms with Crippen molar-refractivity contribution >= 4 is 21.6 Å². The normalized spacial score (nSPS) is 10.0. The Morgan fingerprint density at radius 1 is 1.33 bits per heavy atom. The molecule has 2 aromatic rings. The molecule has 0 amide bonds. The Labute approximate surface area is 127 Å². The van der Waals surface area contributed by atoms with Crippen molar-refractivity contribution in [2.24, 2.45) is 0 Å². The first kappa shape index (κ1) is 14.9. The molecule has 2 rings (SSSR count). The lowest BCUT2D eigenvalue weighted by atomic mass is 10.1. The van der Waals surface area contributed by atoms with Gasteiger partial charge in [0.15, 0.2) is 0 Å². The van der Waals surface area contributed by atoms with Crippen LogP contribution in [-0.2, 0) is 0 Å². The molecule has 5 nitrogen and oxygen atoms in total. The van der Waals surface area contributed by atoms with E-state index in [1.807, 2.05) is 6.07 Å². The van der Waals surface area contributed by atoms with Gasteiger partial charge in [-0.15, -0.1) is 0 Å². The molecule has 0 unspecified atom stereocenters. The van der Waals surface area contributed by atoms with Crippen LogP contribution in [0.3, 0.4) is 0 Å². The second kappa shape index (κ2) is 5.89. The molecule has 106 valence electrons. The number of halogens is 2. The molecule has 0 radical (unpaired) electrons. The van der Waals surface area contributed by atoms with Gasteiger partial charge in [0, 0.05) is 12.1 Å². The lowest BCUT2D eigenvalue weighted by molar-refractivity contribution is -0.385. The fraction of sp³-hybridized carbons (Fsp3) is 0.0714. The molecule has 0 saturated heterocycles. The molecule has 7 heteroatoms. The molecule has 0 aromatic heterocycles. The SMILES string of the molecule is Cc1ccc(C#N)c(Oc2cc(F)c(Br)cc2[N+](=O)[O-])c1. The van der Waals surface area contributed by atoms with Gasteiger partial charge in [-0.25, -0.2) is 4.39 Å².